The standard InChI is InChI=1S/C11H6O2S3/c12-7-5-3-1-2-4-6(5)8(13)10-9(7)15-11(14)16-10/h1-4,12-13H. The molecule has 80 valence electrons. The summed E-state index contributed by atoms with van der Waals surface area (Å²) >= 11 is 7.75. The average molecular weight is 266 g/mol. The van der Waals surface area contributed by atoms with Gasteiger partial charge in [-0.3, -0.25) is 0 Å². The molecule has 0 spiro atoms. The second kappa shape index (κ2) is 3.41. The molecule has 2 N–H and O–H groups in total. The smallest absolute Gasteiger partial charge is 0.145 e. The molecule has 5 heteroatoms. The molecule has 0 saturated heterocycles. The molecular formula is C11H6O2S3. The molecule has 0 unspecified atom stereocenters. The van der Waals surface area contributed by atoms with E-state index in [1.807, 2.05) is 12.1 Å². The lowest BCUT2D eigenvalue weighted by Crippen LogP contribution is -1.75. The maximum absolute atomic E-state index is 10.1. The summed E-state index contributed by atoms with van der Waals surface area (Å²) in [6, 6.07) is 7.24. The van der Waals surface area contributed by atoms with Crippen molar-refractivity contribution in [1.29, 1.82) is 0 Å². The fraction of sp³-hybridized carbons (Fsp3) is 0. The molecule has 0 fully saturated rings. The second-order valence-electron chi connectivity index (χ2n) is 3.36. The van der Waals surface area contributed by atoms with Gasteiger partial charge in [0.15, 0.2) is 0 Å². The average Bonchev–Trinajstić information content (AvgIpc) is 2.68. The zero-order valence-electron chi connectivity index (χ0n) is 7.93. The summed E-state index contributed by atoms with van der Waals surface area (Å²) in [4.78, 5) is 0. The Labute approximate surface area is 104 Å². The Morgan fingerprint density at radius 3 is 1.75 bits per heavy atom. The summed E-state index contributed by atoms with van der Waals surface area (Å²) in [6.07, 6.45) is 0. The molecule has 0 bridgehead atoms. The van der Waals surface area contributed by atoms with E-state index in [0.717, 1.165) is 0 Å². The normalized spacial score (nSPS) is 11.2. The highest BCUT2D eigenvalue weighted by Gasteiger charge is 2.14. The van der Waals surface area contributed by atoms with Gasteiger partial charge in [0.2, 0.25) is 0 Å². The van der Waals surface area contributed by atoms with Gasteiger partial charge in [0.1, 0.15) is 14.6 Å². The number of hydrogen-bond acceptors (Lipinski definition) is 5. The molecule has 1 heterocycles. The van der Waals surface area contributed by atoms with Gasteiger partial charge in [-0.1, -0.05) is 36.5 Å². The molecule has 0 aliphatic rings. The molecule has 0 radical (unpaired) electrons. The number of aromatic hydroxyl groups is 2. The van der Waals surface area contributed by atoms with Crippen molar-refractivity contribution in [3.05, 3.63) is 27.4 Å². The Hall–Kier alpha value is -1.17. The van der Waals surface area contributed by atoms with E-state index in [1.54, 1.807) is 12.1 Å². The first kappa shape index (κ1) is 10.0. The third kappa shape index (κ3) is 1.25. The van der Waals surface area contributed by atoms with E-state index < -0.39 is 0 Å². The molecular weight excluding hydrogens is 260 g/mol. The highest BCUT2D eigenvalue weighted by Crippen LogP contribution is 2.46. The first-order valence-electron chi connectivity index (χ1n) is 4.55. The largest absolute Gasteiger partial charge is 0.506 e. The van der Waals surface area contributed by atoms with Crippen molar-refractivity contribution in [2.24, 2.45) is 0 Å². The van der Waals surface area contributed by atoms with E-state index in [2.05, 4.69) is 0 Å². The van der Waals surface area contributed by atoms with E-state index in [0.29, 0.717) is 23.3 Å². The molecule has 0 aliphatic carbocycles. The summed E-state index contributed by atoms with van der Waals surface area (Å²) in [7, 11) is 0. The van der Waals surface area contributed by atoms with Crippen LogP contribution in [0.3, 0.4) is 0 Å². The monoisotopic (exact) mass is 266 g/mol. The van der Waals surface area contributed by atoms with Crippen molar-refractivity contribution in [2.75, 3.05) is 0 Å². The molecule has 3 aromatic rings. The summed E-state index contributed by atoms with van der Waals surface area (Å²) in [6.45, 7) is 0. The molecule has 16 heavy (non-hydrogen) atoms. The number of phenolic OH excluding ortho intramolecular Hbond substituents is 2. The molecule has 2 aromatic carbocycles. The predicted molar refractivity (Wildman–Crippen MR) is 71.4 cm³/mol. The number of fused-ring (bicyclic) bond motifs is 2. The summed E-state index contributed by atoms with van der Waals surface area (Å²) in [5, 5.41) is 21.5. The van der Waals surface area contributed by atoms with Gasteiger partial charge in [-0.25, -0.2) is 0 Å². The van der Waals surface area contributed by atoms with E-state index in [-0.39, 0.29) is 11.5 Å². The minimum absolute atomic E-state index is 0.209. The summed E-state index contributed by atoms with van der Waals surface area (Å²) in [5.41, 5.74) is 0. The van der Waals surface area contributed by atoms with Crippen LogP contribution < -0.4 is 0 Å². The number of benzene rings is 2. The lowest BCUT2D eigenvalue weighted by atomic mass is 10.1. The van der Waals surface area contributed by atoms with Gasteiger partial charge in [0.25, 0.3) is 0 Å². The fourth-order valence-electron chi connectivity index (χ4n) is 1.73. The van der Waals surface area contributed by atoms with Crippen LogP contribution in [0.4, 0.5) is 0 Å². The number of phenols is 2. The zero-order valence-corrected chi connectivity index (χ0v) is 10.4. The third-order valence-electron chi connectivity index (χ3n) is 2.44. The van der Waals surface area contributed by atoms with Gasteiger partial charge in [-0.2, -0.15) is 0 Å². The van der Waals surface area contributed by atoms with Gasteiger partial charge in [-0.15, -0.1) is 22.7 Å². The molecule has 2 nitrogen and oxygen atoms in total. The topological polar surface area (TPSA) is 40.5 Å². The van der Waals surface area contributed by atoms with Crippen molar-refractivity contribution in [3.8, 4) is 11.5 Å². The minimum Gasteiger partial charge on any atom is -0.506 e. The lowest BCUT2D eigenvalue weighted by Gasteiger charge is -2.04. The first-order chi connectivity index (χ1) is 7.68. The Kier molecular flexibility index (Phi) is 2.14. The molecule has 3 rings (SSSR count). The fourth-order valence-corrected chi connectivity index (χ4v) is 4.27. The van der Waals surface area contributed by atoms with Crippen molar-refractivity contribution < 1.29 is 10.2 Å². The van der Waals surface area contributed by atoms with Crippen LogP contribution in [0.25, 0.3) is 20.2 Å². The summed E-state index contributed by atoms with van der Waals surface area (Å²) < 4.78 is 2.05. The van der Waals surface area contributed by atoms with Gasteiger partial charge in [0.05, 0.1) is 9.40 Å². The van der Waals surface area contributed by atoms with Crippen LogP contribution in [0, 0.1) is 3.14 Å². The lowest BCUT2D eigenvalue weighted by molar-refractivity contribution is 0.480. The third-order valence-corrected chi connectivity index (χ3v) is 5.11. The maximum Gasteiger partial charge on any atom is 0.145 e. The molecule has 0 aliphatic heterocycles. The van der Waals surface area contributed by atoms with Crippen molar-refractivity contribution in [3.63, 3.8) is 0 Å². The van der Waals surface area contributed by atoms with E-state index in [1.165, 1.54) is 22.7 Å². The van der Waals surface area contributed by atoms with Crippen LogP contribution in [0.2, 0.25) is 0 Å². The maximum atomic E-state index is 10.1. The molecule has 0 saturated carbocycles. The highest BCUT2D eigenvalue weighted by atomic mass is 32.2. The van der Waals surface area contributed by atoms with Gasteiger partial charge < -0.3 is 10.2 Å². The molecule has 1 aromatic heterocycles. The Bertz CT molecular complexity index is 693. The van der Waals surface area contributed by atoms with E-state index in [4.69, 9.17) is 12.2 Å². The second-order valence-corrected chi connectivity index (χ2v) is 6.58. The molecule has 0 atom stereocenters. The van der Waals surface area contributed by atoms with Gasteiger partial charge >= 0.3 is 0 Å². The van der Waals surface area contributed by atoms with Crippen molar-refractivity contribution in [1.82, 2.24) is 0 Å². The van der Waals surface area contributed by atoms with Crippen LogP contribution in [0.5, 0.6) is 11.5 Å². The van der Waals surface area contributed by atoms with Crippen LogP contribution >= 0.6 is 34.9 Å². The van der Waals surface area contributed by atoms with Crippen LogP contribution in [0.1, 0.15) is 0 Å². The Balaban J connectivity index is 2.71. The van der Waals surface area contributed by atoms with Crippen molar-refractivity contribution >= 4 is 55.1 Å². The van der Waals surface area contributed by atoms with Crippen molar-refractivity contribution in [2.45, 2.75) is 0 Å². The van der Waals surface area contributed by atoms with E-state index >= 15 is 0 Å². The predicted octanol–water partition coefficient (Wildman–Crippen LogP) is 4.26. The quantitative estimate of drug-likeness (QED) is 0.472. The Morgan fingerprint density at radius 1 is 0.875 bits per heavy atom. The van der Waals surface area contributed by atoms with E-state index in [9.17, 15) is 10.2 Å². The summed E-state index contributed by atoms with van der Waals surface area (Å²) in [5.74, 6) is 0.418. The van der Waals surface area contributed by atoms with Crippen LogP contribution in [0.15, 0.2) is 24.3 Å². The Morgan fingerprint density at radius 2 is 1.31 bits per heavy atom. The van der Waals surface area contributed by atoms with Gasteiger partial charge in [0, 0.05) is 10.8 Å². The van der Waals surface area contributed by atoms with Gasteiger partial charge in [-0.05, 0) is 0 Å². The highest BCUT2D eigenvalue weighted by molar-refractivity contribution is 7.77. The number of hydrogen-bond donors (Lipinski definition) is 2. The number of rotatable bonds is 0. The SMILES string of the molecule is Oc1c2ccccc2c(O)c2sc(=S)sc12. The zero-order chi connectivity index (χ0) is 11.3. The molecule has 0 amide bonds. The minimum atomic E-state index is 0.209. The van der Waals surface area contributed by atoms with Crippen LogP contribution in [-0.2, 0) is 0 Å². The van der Waals surface area contributed by atoms with Crippen LogP contribution in [-0.4, -0.2) is 10.2 Å². The first-order valence-corrected chi connectivity index (χ1v) is 6.59.